The van der Waals surface area contributed by atoms with Gasteiger partial charge < -0.3 is 19.9 Å². The standard InChI is InChI=1S/C12H17NO3/c1-13-10(4-5-14)9-2-3-11-12(8-9)16-7-6-15-11/h2-3,8,10,13-14H,4-7H2,1H3/t10-/m1/s1. The number of fused-ring (bicyclic) bond motifs is 1. The monoisotopic (exact) mass is 223 g/mol. The van der Waals surface area contributed by atoms with Gasteiger partial charge in [0, 0.05) is 12.6 Å². The second-order valence-electron chi connectivity index (χ2n) is 3.76. The number of aliphatic hydroxyl groups excluding tert-OH is 1. The Bertz CT molecular complexity index is 354. The van der Waals surface area contributed by atoms with Crippen molar-refractivity contribution in [2.45, 2.75) is 12.5 Å². The third-order valence-electron chi connectivity index (χ3n) is 2.73. The molecule has 2 rings (SSSR count). The maximum Gasteiger partial charge on any atom is 0.161 e. The molecule has 0 aliphatic carbocycles. The zero-order chi connectivity index (χ0) is 11.4. The van der Waals surface area contributed by atoms with Crippen LogP contribution in [-0.4, -0.2) is 32.0 Å². The van der Waals surface area contributed by atoms with E-state index in [-0.39, 0.29) is 12.6 Å². The van der Waals surface area contributed by atoms with Gasteiger partial charge in [-0.2, -0.15) is 0 Å². The van der Waals surface area contributed by atoms with Crippen LogP contribution in [0.4, 0.5) is 0 Å². The van der Waals surface area contributed by atoms with Crippen LogP contribution in [0.25, 0.3) is 0 Å². The third-order valence-corrected chi connectivity index (χ3v) is 2.73. The van der Waals surface area contributed by atoms with Crippen LogP contribution in [0, 0.1) is 0 Å². The summed E-state index contributed by atoms with van der Waals surface area (Å²) < 4.78 is 11.0. The molecule has 0 radical (unpaired) electrons. The van der Waals surface area contributed by atoms with Gasteiger partial charge >= 0.3 is 0 Å². The topological polar surface area (TPSA) is 50.7 Å². The number of hydrogen-bond donors (Lipinski definition) is 2. The van der Waals surface area contributed by atoms with Gasteiger partial charge in [0.1, 0.15) is 13.2 Å². The molecule has 0 saturated heterocycles. The molecule has 88 valence electrons. The lowest BCUT2D eigenvalue weighted by Gasteiger charge is -2.21. The van der Waals surface area contributed by atoms with Crippen molar-refractivity contribution in [2.24, 2.45) is 0 Å². The number of aliphatic hydroxyl groups is 1. The first kappa shape index (κ1) is 11.2. The summed E-state index contributed by atoms with van der Waals surface area (Å²) in [5.41, 5.74) is 1.11. The van der Waals surface area contributed by atoms with Crippen LogP contribution in [0.1, 0.15) is 18.0 Å². The molecule has 0 spiro atoms. The molecular formula is C12H17NO3. The molecule has 0 aromatic heterocycles. The second-order valence-corrected chi connectivity index (χ2v) is 3.76. The van der Waals surface area contributed by atoms with Crippen LogP contribution < -0.4 is 14.8 Å². The Kier molecular flexibility index (Phi) is 3.64. The van der Waals surface area contributed by atoms with Crippen molar-refractivity contribution in [3.63, 3.8) is 0 Å². The molecule has 0 amide bonds. The molecule has 0 bridgehead atoms. The van der Waals surface area contributed by atoms with Gasteiger partial charge in [-0.1, -0.05) is 6.07 Å². The summed E-state index contributed by atoms with van der Waals surface area (Å²) in [5.74, 6) is 1.59. The van der Waals surface area contributed by atoms with E-state index >= 15 is 0 Å². The van der Waals surface area contributed by atoms with E-state index in [1.54, 1.807) is 0 Å². The highest BCUT2D eigenvalue weighted by molar-refractivity contribution is 5.44. The number of ether oxygens (including phenoxy) is 2. The second kappa shape index (κ2) is 5.18. The molecule has 4 nitrogen and oxygen atoms in total. The van der Waals surface area contributed by atoms with Crippen molar-refractivity contribution in [3.8, 4) is 11.5 Å². The fourth-order valence-corrected chi connectivity index (χ4v) is 1.88. The summed E-state index contributed by atoms with van der Waals surface area (Å²) in [6.07, 6.45) is 0.691. The lowest BCUT2D eigenvalue weighted by Crippen LogP contribution is -2.19. The maximum absolute atomic E-state index is 8.97. The van der Waals surface area contributed by atoms with E-state index in [1.165, 1.54) is 0 Å². The molecule has 0 fully saturated rings. The molecule has 1 heterocycles. The molecular weight excluding hydrogens is 206 g/mol. The summed E-state index contributed by atoms with van der Waals surface area (Å²) in [6, 6.07) is 6.06. The van der Waals surface area contributed by atoms with E-state index in [4.69, 9.17) is 14.6 Å². The first-order valence-electron chi connectivity index (χ1n) is 5.53. The predicted molar refractivity (Wildman–Crippen MR) is 60.9 cm³/mol. The van der Waals surface area contributed by atoms with Gasteiger partial charge in [0.05, 0.1) is 0 Å². The largest absolute Gasteiger partial charge is 0.486 e. The Balaban J connectivity index is 2.21. The molecule has 16 heavy (non-hydrogen) atoms. The van der Waals surface area contributed by atoms with Crippen LogP contribution in [0.3, 0.4) is 0 Å². The van der Waals surface area contributed by atoms with Crippen molar-refractivity contribution >= 4 is 0 Å². The normalized spacial score (nSPS) is 15.9. The highest BCUT2D eigenvalue weighted by Crippen LogP contribution is 2.33. The first-order chi connectivity index (χ1) is 7.85. The molecule has 2 N–H and O–H groups in total. The van der Waals surface area contributed by atoms with Crippen LogP contribution in [-0.2, 0) is 0 Å². The van der Waals surface area contributed by atoms with Crippen molar-refractivity contribution in [1.82, 2.24) is 5.32 Å². The van der Waals surface area contributed by atoms with E-state index in [1.807, 2.05) is 25.2 Å². The van der Waals surface area contributed by atoms with Crippen LogP contribution in [0.2, 0.25) is 0 Å². The summed E-state index contributed by atoms with van der Waals surface area (Å²) in [4.78, 5) is 0. The lowest BCUT2D eigenvalue weighted by molar-refractivity contribution is 0.171. The molecule has 0 unspecified atom stereocenters. The number of rotatable bonds is 4. The SMILES string of the molecule is CN[C@H](CCO)c1ccc2c(c1)OCCO2. The van der Waals surface area contributed by atoms with E-state index in [2.05, 4.69) is 5.32 Å². The highest BCUT2D eigenvalue weighted by atomic mass is 16.6. The molecule has 4 heteroatoms. The minimum Gasteiger partial charge on any atom is -0.486 e. The molecule has 1 aromatic carbocycles. The number of benzene rings is 1. The van der Waals surface area contributed by atoms with Crippen molar-refractivity contribution in [1.29, 1.82) is 0 Å². The highest BCUT2D eigenvalue weighted by Gasteiger charge is 2.15. The van der Waals surface area contributed by atoms with E-state index < -0.39 is 0 Å². The van der Waals surface area contributed by atoms with Crippen LogP contribution in [0.5, 0.6) is 11.5 Å². The molecule has 0 saturated carbocycles. The average Bonchev–Trinajstić information content (AvgIpc) is 2.35. The molecule has 1 aliphatic rings. The third kappa shape index (κ3) is 2.28. The fraction of sp³-hybridized carbons (Fsp3) is 0.500. The summed E-state index contributed by atoms with van der Waals surface area (Å²) in [6.45, 7) is 1.37. The smallest absolute Gasteiger partial charge is 0.161 e. The van der Waals surface area contributed by atoms with Crippen molar-refractivity contribution in [2.75, 3.05) is 26.9 Å². The van der Waals surface area contributed by atoms with Gasteiger partial charge in [-0.05, 0) is 31.2 Å². The Labute approximate surface area is 95.2 Å². The molecule has 1 atom stereocenters. The van der Waals surface area contributed by atoms with E-state index in [9.17, 15) is 0 Å². The zero-order valence-electron chi connectivity index (χ0n) is 9.40. The van der Waals surface area contributed by atoms with E-state index in [0.717, 1.165) is 17.1 Å². The molecule has 1 aromatic rings. The van der Waals surface area contributed by atoms with Gasteiger partial charge in [0.2, 0.25) is 0 Å². The fourth-order valence-electron chi connectivity index (χ4n) is 1.88. The zero-order valence-corrected chi connectivity index (χ0v) is 9.40. The summed E-state index contributed by atoms with van der Waals surface area (Å²) in [7, 11) is 1.89. The van der Waals surface area contributed by atoms with Gasteiger partial charge in [0.25, 0.3) is 0 Å². The minimum atomic E-state index is 0.154. The Morgan fingerprint density at radius 3 is 2.75 bits per heavy atom. The van der Waals surface area contributed by atoms with Crippen molar-refractivity contribution < 1.29 is 14.6 Å². The summed E-state index contributed by atoms with van der Waals surface area (Å²) in [5, 5.41) is 12.1. The van der Waals surface area contributed by atoms with Crippen LogP contribution >= 0.6 is 0 Å². The van der Waals surface area contributed by atoms with Gasteiger partial charge in [-0.15, -0.1) is 0 Å². The van der Waals surface area contributed by atoms with Crippen molar-refractivity contribution in [3.05, 3.63) is 23.8 Å². The van der Waals surface area contributed by atoms with E-state index in [0.29, 0.717) is 19.6 Å². The quantitative estimate of drug-likeness (QED) is 0.802. The van der Waals surface area contributed by atoms with Gasteiger partial charge in [-0.3, -0.25) is 0 Å². The Hall–Kier alpha value is -1.26. The predicted octanol–water partition coefficient (Wildman–Crippen LogP) is 1.10. The number of nitrogens with one attached hydrogen (secondary N) is 1. The average molecular weight is 223 g/mol. The van der Waals surface area contributed by atoms with Crippen LogP contribution in [0.15, 0.2) is 18.2 Å². The lowest BCUT2D eigenvalue weighted by atomic mass is 10.0. The molecule has 1 aliphatic heterocycles. The van der Waals surface area contributed by atoms with Gasteiger partial charge in [-0.25, -0.2) is 0 Å². The first-order valence-corrected chi connectivity index (χ1v) is 5.53. The van der Waals surface area contributed by atoms with Gasteiger partial charge in [0.15, 0.2) is 11.5 Å². The minimum absolute atomic E-state index is 0.154. The number of hydrogen-bond acceptors (Lipinski definition) is 4. The maximum atomic E-state index is 8.97. The Morgan fingerprint density at radius 2 is 2.06 bits per heavy atom. The summed E-state index contributed by atoms with van der Waals surface area (Å²) >= 11 is 0. The Morgan fingerprint density at radius 1 is 1.31 bits per heavy atom.